The molecule has 0 aliphatic carbocycles. The minimum atomic E-state index is -4.40. The first-order valence-corrected chi connectivity index (χ1v) is 8.29. The molecule has 0 spiro atoms. The standard InChI is InChI=1S/C14H13F3N6OS/c1-2-11-19-10(22-24-11)7-25-13-21-20-12(9-3-5-18-6-4-9)23(13)8-14(15,16)17/h3-6H,2,7-8H2,1H3. The van der Waals surface area contributed by atoms with Gasteiger partial charge >= 0.3 is 6.18 Å². The third-order valence-corrected chi connectivity index (χ3v) is 4.10. The van der Waals surface area contributed by atoms with Crippen molar-refractivity contribution in [3.63, 3.8) is 0 Å². The van der Waals surface area contributed by atoms with Crippen LogP contribution < -0.4 is 0 Å². The Morgan fingerprint density at radius 2 is 1.96 bits per heavy atom. The SMILES string of the molecule is CCc1nc(CSc2nnc(-c3ccncc3)n2CC(F)(F)F)no1. The van der Waals surface area contributed by atoms with E-state index >= 15 is 0 Å². The molecule has 3 aromatic heterocycles. The van der Waals surface area contributed by atoms with Gasteiger partial charge in [-0.05, 0) is 12.1 Å². The van der Waals surface area contributed by atoms with Crippen molar-refractivity contribution < 1.29 is 17.7 Å². The maximum Gasteiger partial charge on any atom is 0.406 e. The highest BCUT2D eigenvalue weighted by molar-refractivity contribution is 7.98. The zero-order valence-electron chi connectivity index (χ0n) is 13.1. The van der Waals surface area contributed by atoms with Crippen molar-refractivity contribution in [1.82, 2.24) is 29.9 Å². The molecule has 3 rings (SSSR count). The number of hydrogen-bond acceptors (Lipinski definition) is 7. The highest BCUT2D eigenvalue weighted by Crippen LogP contribution is 2.29. The predicted octanol–water partition coefficient (Wildman–Crippen LogP) is 3.14. The lowest BCUT2D eigenvalue weighted by Gasteiger charge is -2.12. The van der Waals surface area contributed by atoms with Gasteiger partial charge in [0, 0.05) is 24.4 Å². The molecule has 11 heteroatoms. The number of alkyl halides is 3. The summed E-state index contributed by atoms with van der Waals surface area (Å²) in [5, 5.41) is 11.7. The molecule has 0 aliphatic rings. The Hall–Kier alpha value is -2.43. The van der Waals surface area contributed by atoms with Crippen LogP contribution in [0.2, 0.25) is 0 Å². The van der Waals surface area contributed by atoms with Gasteiger partial charge in [0.1, 0.15) is 6.54 Å². The molecule has 132 valence electrons. The minimum absolute atomic E-state index is 0.129. The van der Waals surface area contributed by atoms with Crippen LogP contribution in [0.15, 0.2) is 34.2 Å². The monoisotopic (exact) mass is 370 g/mol. The van der Waals surface area contributed by atoms with Crippen LogP contribution in [-0.4, -0.2) is 36.1 Å². The fourth-order valence-corrected chi connectivity index (χ4v) is 2.83. The largest absolute Gasteiger partial charge is 0.406 e. The van der Waals surface area contributed by atoms with Crippen LogP contribution in [0.3, 0.4) is 0 Å². The van der Waals surface area contributed by atoms with Crippen molar-refractivity contribution in [2.24, 2.45) is 0 Å². The van der Waals surface area contributed by atoms with E-state index in [0.717, 1.165) is 16.3 Å². The van der Waals surface area contributed by atoms with Gasteiger partial charge < -0.3 is 4.52 Å². The molecule has 3 heterocycles. The summed E-state index contributed by atoms with van der Waals surface area (Å²) in [6, 6.07) is 3.16. The van der Waals surface area contributed by atoms with E-state index in [1.54, 1.807) is 12.1 Å². The average Bonchev–Trinajstić information content (AvgIpc) is 3.19. The van der Waals surface area contributed by atoms with Crippen molar-refractivity contribution >= 4 is 11.8 Å². The van der Waals surface area contributed by atoms with E-state index in [4.69, 9.17) is 4.52 Å². The molecule has 0 amide bonds. The molecule has 7 nitrogen and oxygen atoms in total. The Morgan fingerprint density at radius 3 is 2.60 bits per heavy atom. The van der Waals surface area contributed by atoms with Gasteiger partial charge in [0.25, 0.3) is 0 Å². The molecule has 3 aromatic rings. The van der Waals surface area contributed by atoms with Crippen LogP contribution in [-0.2, 0) is 18.7 Å². The molecule has 25 heavy (non-hydrogen) atoms. The normalized spacial score (nSPS) is 11.8. The zero-order valence-corrected chi connectivity index (χ0v) is 13.9. The second-order valence-electron chi connectivity index (χ2n) is 4.99. The van der Waals surface area contributed by atoms with Crippen molar-refractivity contribution in [2.45, 2.75) is 37.0 Å². The summed E-state index contributed by atoms with van der Waals surface area (Å²) < 4.78 is 44.9. The number of rotatable bonds is 6. The Morgan fingerprint density at radius 1 is 1.20 bits per heavy atom. The van der Waals surface area contributed by atoms with E-state index in [1.807, 2.05) is 6.92 Å². The van der Waals surface area contributed by atoms with E-state index in [9.17, 15) is 13.2 Å². The number of nitrogens with zero attached hydrogens (tertiary/aromatic N) is 6. The molecule has 0 unspecified atom stereocenters. The third kappa shape index (κ3) is 4.35. The van der Waals surface area contributed by atoms with Crippen LogP contribution in [0.1, 0.15) is 18.6 Å². The Labute approximate surface area is 144 Å². The van der Waals surface area contributed by atoms with Gasteiger partial charge in [-0.2, -0.15) is 18.2 Å². The Balaban J connectivity index is 1.86. The van der Waals surface area contributed by atoms with Crippen LogP contribution in [0, 0.1) is 0 Å². The van der Waals surface area contributed by atoms with Crippen molar-refractivity contribution in [1.29, 1.82) is 0 Å². The van der Waals surface area contributed by atoms with Gasteiger partial charge in [-0.15, -0.1) is 10.2 Å². The highest BCUT2D eigenvalue weighted by Gasteiger charge is 2.31. The number of aromatic nitrogens is 6. The highest BCUT2D eigenvalue weighted by atomic mass is 32.2. The van der Waals surface area contributed by atoms with E-state index in [1.165, 1.54) is 12.4 Å². The third-order valence-electron chi connectivity index (χ3n) is 3.14. The molecule has 0 radical (unpaired) electrons. The number of hydrogen-bond donors (Lipinski definition) is 0. The smallest absolute Gasteiger partial charge is 0.339 e. The average molecular weight is 370 g/mol. The molecular weight excluding hydrogens is 357 g/mol. The summed E-state index contributed by atoms with van der Waals surface area (Å²) >= 11 is 1.07. The van der Waals surface area contributed by atoms with Crippen LogP contribution in [0.25, 0.3) is 11.4 Å². The minimum Gasteiger partial charge on any atom is -0.339 e. The van der Waals surface area contributed by atoms with E-state index in [0.29, 0.717) is 23.7 Å². The van der Waals surface area contributed by atoms with E-state index < -0.39 is 12.7 Å². The first kappa shape index (κ1) is 17.4. The first-order chi connectivity index (χ1) is 12.0. The number of aryl methyl sites for hydroxylation is 1. The lowest BCUT2D eigenvalue weighted by molar-refractivity contribution is -0.141. The summed E-state index contributed by atoms with van der Waals surface area (Å²) in [7, 11) is 0. The molecular formula is C14H13F3N6OS. The second-order valence-corrected chi connectivity index (χ2v) is 5.93. The van der Waals surface area contributed by atoms with Crippen LogP contribution in [0.4, 0.5) is 13.2 Å². The molecule has 0 saturated carbocycles. The molecule has 0 aliphatic heterocycles. The summed E-state index contributed by atoms with van der Waals surface area (Å²) in [5.41, 5.74) is 0.506. The van der Waals surface area contributed by atoms with Gasteiger partial charge in [0.2, 0.25) is 5.89 Å². The van der Waals surface area contributed by atoms with Crippen molar-refractivity contribution in [2.75, 3.05) is 0 Å². The summed E-state index contributed by atoms with van der Waals surface area (Å²) in [6.07, 6.45) is -0.837. The predicted molar refractivity (Wildman–Crippen MR) is 82.5 cm³/mol. The molecule has 0 N–H and O–H groups in total. The summed E-state index contributed by atoms with van der Waals surface area (Å²) in [6.45, 7) is 0.678. The molecule has 0 saturated heterocycles. The fraction of sp³-hybridized carbons (Fsp3) is 0.357. The van der Waals surface area contributed by atoms with Gasteiger partial charge in [-0.1, -0.05) is 23.8 Å². The second kappa shape index (κ2) is 7.21. The maximum absolute atomic E-state index is 13.0. The lowest BCUT2D eigenvalue weighted by Crippen LogP contribution is -2.19. The van der Waals surface area contributed by atoms with Gasteiger partial charge in [0.15, 0.2) is 16.8 Å². The maximum atomic E-state index is 13.0. The molecule has 0 bridgehead atoms. The molecule has 0 fully saturated rings. The topological polar surface area (TPSA) is 82.5 Å². The molecule has 0 aromatic carbocycles. The van der Waals surface area contributed by atoms with Crippen molar-refractivity contribution in [3.05, 3.63) is 36.2 Å². The van der Waals surface area contributed by atoms with Gasteiger partial charge in [-0.25, -0.2) is 0 Å². The number of halogens is 3. The fourth-order valence-electron chi connectivity index (χ4n) is 2.05. The van der Waals surface area contributed by atoms with Gasteiger partial charge in [-0.3, -0.25) is 9.55 Å². The number of thioether (sulfide) groups is 1. The zero-order chi connectivity index (χ0) is 17.9. The quantitative estimate of drug-likeness (QED) is 0.617. The van der Waals surface area contributed by atoms with Crippen molar-refractivity contribution in [3.8, 4) is 11.4 Å². The first-order valence-electron chi connectivity index (χ1n) is 7.31. The summed E-state index contributed by atoms with van der Waals surface area (Å²) in [4.78, 5) is 7.98. The Bertz CT molecular complexity index is 833. The van der Waals surface area contributed by atoms with Crippen LogP contribution in [0.5, 0.6) is 0 Å². The Kier molecular flexibility index (Phi) is 5.02. The molecule has 0 atom stereocenters. The summed E-state index contributed by atoms with van der Waals surface area (Å²) in [5.74, 6) is 1.24. The van der Waals surface area contributed by atoms with E-state index in [2.05, 4.69) is 25.3 Å². The number of pyridine rings is 1. The lowest BCUT2D eigenvalue weighted by atomic mass is 10.2. The van der Waals surface area contributed by atoms with Gasteiger partial charge in [0.05, 0.1) is 5.75 Å². The van der Waals surface area contributed by atoms with Crippen LogP contribution >= 0.6 is 11.8 Å². The van der Waals surface area contributed by atoms with E-state index in [-0.39, 0.29) is 16.7 Å².